The summed E-state index contributed by atoms with van der Waals surface area (Å²) < 4.78 is 1.94. The Labute approximate surface area is 166 Å². The highest BCUT2D eigenvalue weighted by molar-refractivity contribution is 5.85. The van der Waals surface area contributed by atoms with Gasteiger partial charge >= 0.3 is 0 Å². The van der Waals surface area contributed by atoms with Gasteiger partial charge in [0.1, 0.15) is 6.33 Å². The molecule has 1 saturated heterocycles. The van der Waals surface area contributed by atoms with Gasteiger partial charge in [0, 0.05) is 37.8 Å². The molecule has 0 aliphatic carbocycles. The predicted molar refractivity (Wildman–Crippen MR) is 113 cm³/mol. The van der Waals surface area contributed by atoms with E-state index < -0.39 is 0 Å². The topological polar surface area (TPSA) is 62.7 Å². The van der Waals surface area contributed by atoms with E-state index in [1.807, 2.05) is 4.52 Å². The molecule has 0 saturated carbocycles. The minimum absolute atomic E-state index is 0. The van der Waals surface area contributed by atoms with Gasteiger partial charge in [0.2, 0.25) is 0 Å². The molecule has 1 fully saturated rings. The zero-order valence-corrected chi connectivity index (χ0v) is 16.9. The SMILES string of the molecule is Cc1cc(-c2ncnn3cc(N4CCN(C)C[C@H]4C)cc23)ccc1CN.Cl. The number of anilines is 1. The number of benzene rings is 1. The lowest BCUT2D eigenvalue weighted by atomic mass is 10.0. The number of nitrogens with zero attached hydrogens (tertiary/aromatic N) is 5. The molecule has 1 aliphatic heterocycles. The molecule has 3 heterocycles. The predicted octanol–water partition coefficient (Wildman–Crippen LogP) is 2.73. The van der Waals surface area contributed by atoms with Crippen LogP contribution in [0.4, 0.5) is 5.69 Å². The van der Waals surface area contributed by atoms with Gasteiger partial charge in [0.15, 0.2) is 0 Å². The third-order valence-electron chi connectivity index (χ3n) is 5.39. The summed E-state index contributed by atoms with van der Waals surface area (Å²) in [6.07, 6.45) is 3.75. The van der Waals surface area contributed by atoms with Crippen molar-refractivity contribution in [2.75, 3.05) is 31.6 Å². The molecule has 1 atom stereocenters. The van der Waals surface area contributed by atoms with Crippen molar-refractivity contribution in [2.24, 2.45) is 5.73 Å². The van der Waals surface area contributed by atoms with Gasteiger partial charge < -0.3 is 15.5 Å². The highest BCUT2D eigenvalue weighted by atomic mass is 35.5. The van der Waals surface area contributed by atoms with Crippen molar-refractivity contribution >= 4 is 23.6 Å². The Morgan fingerprint density at radius 2 is 2.04 bits per heavy atom. The van der Waals surface area contributed by atoms with Crippen molar-refractivity contribution in [3.63, 3.8) is 0 Å². The number of halogens is 1. The van der Waals surface area contributed by atoms with Crippen LogP contribution in [0.2, 0.25) is 0 Å². The van der Waals surface area contributed by atoms with Crippen LogP contribution in [0.15, 0.2) is 36.8 Å². The molecular weight excluding hydrogens is 360 g/mol. The zero-order chi connectivity index (χ0) is 18.3. The van der Waals surface area contributed by atoms with Crippen LogP contribution in [0.5, 0.6) is 0 Å². The molecule has 0 unspecified atom stereocenters. The van der Waals surface area contributed by atoms with E-state index in [1.165, 1.54) is 16.8 Å². The van der Waals surface area contributed by atoms with Gasteiger partial charge in [0.05, 0.1) is 23.1 Å². The molecular formula is C20H27ClN6. The Bertz CT molecular complexity index is 937. The zero-order valence-electron chi connectivity index (χ0n) is 16.1. The summed E-state index contributed by atoms with van der Waals surface area (Å²) in [5, 5.41) is 4.43. The fraction of sp³-hybridized carbons (Fsp3) is 0.400. The van der Waals surface area contributed by atoms with Crippen LogP contribution in [0.25, 0.3) is 16.8 Å². The highest BCUT2D eigenvalue weighted by Crippen LogP contribution is 2.29. The van der Waals surface area contributed by atoms with Crippen LogP contribution in [0.3, 0.4) is 0 Å². The number of nitrogens with two attached hydrogens (primary N) is 1. The van der Waals surface area contributed by atoms with E-state index in [-0.39, 0.29) is 12.4 Å². The summed E-state index contributed by atoms with van der Waals surface area (Å²) in [4.78, 5) is 9.41. The van der Waals surface area contributed by atoms with E-state index >= 15 is 0 Å². The van der Waals surface area contributed by atoms with E-state index in [2.05, 4.69) is 71.2 Å². The summed E-state index contributed by atoms with van der Waals surface area (Å²) in [5.41, 5.74) is 12.5. The highest BCUT2D eigenvalue weighted by Gasteiger charge is 2.23. The second kappa shape index (κ2) is 7.84. The minimum atomic E-state index is 0. The molecule has 7 heteroatoms. The van der Waals surface area contributed by atoms with Gasteiger partial charge in [-0.25, -0.2) is 9.50 Å². The van der Waals surface area contributed by atoms with Crippen LogP contribution in [-0.4, -0.2) is 52.2 Å². The number of aromatic nitrogens is 3. The fourth-order valence-electron chi connectivity index (χ4n) is 3.89. The number of rotatable bonds is 3. The Morgan fingerprint density at radius 1 is 1.22 bits per heavy atom. The number of fused-ring (bicyclic) bond motifs is 1. The van der Waals surface area contributed by atoms with Gasteiger partial charge in [-0.05, 0) is 44.2 Å². The monoisotopic (exact) mass is 386 g/mol. The normalized spacial score (nSPS) is 17.9. The first kappa shape index (κ1) is 19.6. The van der Waals surface area contributed by atoms with Crippen molar-refractivity contribution in [3.8, 4) is 11.3 Å². The van der Waals surface area contributed by atoms with E-state index in [4.69, 9.17) is 5.73 Å². The van der Waals surface area contributed by atoms with Crippen LogP contribution in [-0.2, 0) is 6.54 Å². The summed E-state index contributed by atoms with van der Waals surface area (Å²) in [6, 6.07) is 9.05. The van der Waals surface area contributed by atoms with E-state index in [0.717, 1.165) is 36.4 Å². The molecule has 0 bridgehead atoms. The number of piperazine rings is 1. The van der Waals surface area contributed by atoms with Gasteiger partial charge in [-0.2, -0.15) is 5.10 Å². The molecule has 144 valence electrons. The van der Waals surface area contributed by atoms with Crippen molar-refractivity contribution in [2.45, 2.75) is 26.4 Å². The van der Waals surface area contributed by atoms with Crippen molar-refractivity contribution < 1.29 is 0 Å². The number of aryl methyl sites for hydroxylation is 1. The van der Waals surface area contributed by atoms with Crippen molar-refractivity contribution in [3.05, 3.63) is 47.9 Å². The molecule has 4 rings (SSSR count). The minimum Gasteiger partial charge on any atom is -0.365 e. The maximum atomic E-state index is 5.80. The molecule has 6 nitrogen and oxygen atoms in total. The van der Waals surface area contributed by atoms with Gasteiger partial charge in [-0.1, -0.05) is 12.1 Å². The summed E-state index contributed by atoms with van der Waals surface area (Å²) in [6.45, 7) is 8.11. The van der Waals surface area contributed by atoms with Crippen molar-refractivity contribution in [1.29, 1.82) is 0 Å². The lowest BCUT2D eigenvalue weighted by molar-refractivity contribution is 0.275. The van der Waals surface area contributed by atoms with Crippen molar-refractivity contribution in [1.82, 2.24) is 19.5 Å². The first-order valence-electron chi connectivity index (χ1n) is 9.15. The largest absolute Gasteiger partial charge is 0.365 e. The molecule has 2 aromatic heterocycles. The fourth-order valence-corrected chi connectivity index (χ4v) is 3.89. The Balaban J connectivity index is 0.00000210. The lowest BCUT2D eigenvalue weighted by Gasteiger charge is -2.39. The molecule has 0 radical (unpaired) electrons. The summed E-state index contributed by atoms with van der Waals surface area (Å²) >= 11 is 0. The Morgan fingerprint density at radius 3 is 2.74 bits per heavy atom. The molecule has 1 aliphatic rings. The second-order valence-corrected chi connectivity index (χ2v) is 7.29. The number of likely N-dealkylation sites (N-methyl/N-ethyl adjacent to an activating group) is 1. The number of hydrogen-bond acceptors (Lipinski definition) is 5. The first-order chi connectivity index (χ1) is 12.6. The van der Waals surface area contributed by atoms with Crippen LogP contribution in [0, 0.1) is 6.92 Å². The third-order valence-corrected chi connectivity index (χ3v) is 5.39. The smallest absolute Gasteiger partial charge is 0.137 e. The standard InChI is InChI=1S/C20H26N6.ClH/c1-14-8-16(4-5-17(14)10-21)20-19-9-18(12-26(19)23-13-22-20)25-7-6-24(3)11-15(25)2;/h4-5,8-9,12-13,15H,6-7,10-11,21H2,1-3H3;1H/t15-;/m1./s1. The maximum Gasteiger partial charge on any atom is 0.137 e. The molecule has 27 heavy (non-hydrogen) atoms. The van der Waals surface area contributed by atoms with Crippen LogP contribution >= 0.6 is 12.4 Å². The first-order valence-corrected chi connectivity index (χ1v) is 9.15. The van der Waals surface area contributed by atoms with Gasteiger partial charge in [-0.3, -0.25) is 0 Å². The van der Waals surface area contributed by atoms with E-state index in [1.54, 1.807) is 6.33 Å². The molecule has 2 N–H and O–H groups in total. The average molecular weight is 387 g/mol. The number of hydrogen-bond donors (Lipinski definition) is 1. The van der Waals surface area contributed by atoms with E-state index in [0.29, 0.717) is 12.6 Å². The van der Waals surface area contributed by atoms with Crippen LogP contribution in [0.1, 0.15) is 18.1 Å². The maximum absolute atomic E-state index is 5.80. The average Bonchev–Trinajstić information content (AvgIpc) is 3.05. The Hall–Kier alpha value is -2.15. The molecule has 0 amide bonds. The summed E-state index contributed by atoms with van der Waals surface area (Å²) in [7, 11) is 2.18. The summed E-state index contributed by atoms with van der Waals surface area (Å²) in [5.74, 6) is 0. The van der Waals surface area contributed by atoms with E-state index in [9.17, 15) is 0 Å². The molecule has 3 aromatic rings. The van der Waals surface area contributed by atoms with Gasteiger partial charge in [-0.15, -0.1) is 12.4 Å². The van der Waals surface area contributed by atoms with Crippen LogP contribution < -0.4 is 10.6 Å². The Kier molecular flexibility index (Phi) is 5.69. The van der Waals surface area contributed by atoms with Gasteiger partial charge in [0.25, 0.3) is 0 Å². The molecule has 1 aromatic carbocycles. The quantitative estimate of drug-likeness (QED) is 0.749. The molecule has 0 spiro atoms. The lowest BCUT2D eigenvalue weighted by Crippen LogP contribution is -2.50. The second-order valence-electron chi connectivity index (χ2n) is 7.29. The third kappa shape index (κ3) is 3.65.